The van der Waals surface area contributed by atoms with Gasteiger partial charge in [0.2, 0.25) is 0 Å². The van der Waals surface area contributed by atoms with E-state index in [2.05, 4.69) is 24.5 Å². The van der Waals surface area contributed by atoms with Gasteiger partial charge in [-0.3, -0.25) is 0 Å². The Labute approximate surface area is 339 Å². The van der Waals surface area contributed by atoms with Crippen molar-refractivity contribution in [3.63, 3.8) is 0 Å². The number of hydrogen-bond acceptors (Lipinski definition) is 16. The monoisotopic (exact) mass is 878 g/mol. The highest BCUT2D eigenvalue weighted by atomic mass is 32.2. The SMILES string of the molecule is CCO[Si](CCCNC(=O)OCCSC1=C(C)S/C(=C2\SC(C)=C(SCCOC(=O)NCCC[Si](OCC)(OCC)OCC)S2)S1)(OCC)OCC. The van der Waals surface area contributed by atoms with Crippen LogP contribution in [0.4, 0.5) is 9.59 Å². The number of allylic oxidation sites excluding steroid dienone is 2. The zero-order valence-electron chi connectivity index (χ0n) is 31.8. The molecule has 52 heavy (non-hydrogen) atoms. The first kappa shape index (κ1) is 48.2. The van der Waals surface area contributed by atoms with Gasteiger partial charge in [-0.2, -0.15) is 0 Å². The van der Waals surface area contributed by atoms with Gasteiger partial charge in [-0.1, -0.05) is 47.0 Å². The fraction of sp³-hybridized carbons (Fsp3) is 0.750. The molecule has 12 nitrogen and oxygen atoms in total. The fourth-order valence-electron chi connectivity index (χ4n) is 4.78. The van der Waals surface area contributed by atoms with Gasteiger partial charge >= 0.3 is 29.8 Å². The first-order valence-corrected chi connectivity index (χ1v) is 27.0. The quantitative estimate of drug-likeness (QED) is 0.0571. The second-order valence-electron chi connectivity index (χ2n) is 10.7. The van der Waals surface area contributed by atoms with Crippen molar-refractivity contribution >= 4 is 100 Å². The number of amides is 2. The molecule has 2 N–H and O–H groups in total. The minimum Gasteiger partial charge on any atom is -0.449 e. The van der Waals surface area contributed by atoms with Crippen molar-refractivity contribution in [2.24, 2.45) is 0 Å². The van der Waals surface area contributed by atoms with E-state index in [9.17, 15) is 9.59 Å². The maximum atomic E-state index is 12.3. The molecule has 2 heterocycles. The molecule has 0 radical (unpaired) electrons. The largest absolute Gasteiger partial charge is 0.500 e. The number of ether oxygens (including phenoxy) is 2. The van der Waals surface area contributed by atoms with E-state index < -0.39 is 29.8 Å². The van der Waals surface area contributed by atoms with Crippen LogP contribution in [0.2, 0.25) is 12.1 Å². The molecule has 0 unspecified atom stereocenters. The number of alkyl carbamates (subject to hydrolysis) is 2. The van der Waals surface area contributed by atoms with Gasteiger partial charge in [0.25, 0.3) is 0 Å². The van der Waals surface area contributed by atoms with Crippen molar-refractivity contribution in [2.45, 2.75) is 80.3 Å². The third-order valence-corrected chi connectivity index (χ3v) is 21.7. The summed E-state index contributed by atoms with van der Waals surface area (Å²) in [6, 6.07) is 1.28. The van der Waals surface area contributed by atoms with Gasteiger partial charge in [0, 0.05) is 86.1 Å². The van der Waals surface area contributed by atoms with E-state index in [0.29, 0.717) is 102 Å². The molecule has 300 valence electrons. The van der Waals surface area contributed by atoms with Crippen molar-refractivity contribution < 1.29 is 45.6 Å². The number of rotatable bonds is 28. The lowest BCUT2D eigenvalue weighted by molar-refractivity contribution is 0.0699. The summed E-state index contributed by atoms with van der Waals surface area (Å²) in [4.78, 5) is 27.0. The van der Waals surface area contributed by atoms with E-state index in [4.69, 9.17) is 36.0 Å². The maximum Gasteiger partial charge on any atom is 0.500 e. The molecule has 0 aromatic carbocycles. The molecule has 20 heteroatoms. The Balaban J connectivity index is 1.64. The lowest BCUT2D eigenvalue weighted by atomic mass is 10.5. The van der Waals surface area contributed by atoms with Crippen LogP contribution in [-0.2, 0) is 36.0 Å². The van der Waals surface area contributed by atoms with Crippen molar-refractivity contribution in [1.82, 2.24) is 10.6 Å². The van der Waals surface area contributed by atoms with Gasteiger partial charge in [0.05, 0.1) is 16.9 Å². The second-order valence-corrected chi connectivity index (χ2v) is 23.9. The molecule has 0 spiro atoms. The highest BCUT2D eigenvalue weighted by Crippen LogP contribution is 2.62. The van der Waals surface area contributed by atoms with Crippen LogP contribution in [0.5, 0.6) is 0 Å². The standard InChI is InChI=1S/C32H58N2O10S6Si2/c1-9-39-51(40-10-2,41-11-3)23-15-17-33-31(35)37-19-21-45-27-25(7)47-29(49-27)30-48-26(8)28(50-30)46-22-20-38-32(36)34-18-16-24-52(42-12-4,43-13-5)44-14-6/h9-24H2,1-8H3,(H,33,35)(H,34,36)/b30-29-. The first-order chi connectivity index (χ1) is 25.1. The van der Waals surface area contributed by atoms with Crippen molar-refractivity contribution in [1.29, 1.82) is 0 Å². The number of carbonyl (C=O) groups excluding carboxylic acids is 2. The van der Waals surface area contributed by atoms with Crippen molar-refractivity contribution in [3.05, 3.63) is 26.8 Å². The van der Waals surface area contributed by atoms with Gasteiger partial charge in [-0.05, 0) is 68.2 Å². The summed E-state index contributed by atoms with van der Waals surface area (Å²) in [5.74, 6) is 1.35. The van der Waals surface area contributed by atoms with E-state index in [1.807, 2.05) is 41.5 Å². The fourth-order valence-corrected chi connectivity index (χ4v) is 18.3. The lowest BCUT2D eigenvalue weighted by Gasteiger charge is -2.28. The van der Waals surface area contributed by atoms with Crippen LogP contribution in [0.15, 0.2) is 26.8 Å². The zero-order chi connectivity index (χ0) is 38.2. The van der Waals surface area contributed by atoms with Crippen LogP contribution in [0.1, 0.15) is 68.2 Å². The summed E-state index contributed by atoms with van der Waals surface area (Å²) in [5, 5.41) is 5.65. The summed E-state index contributed by atoms with van der Waals surface area (Å²) >= 11 is 10.6. The van der Waals surface area contributed by atoms with Crippen LogP contribution >= 0.6 is 70.6 Å². The van der Waals surface area contributed by atoms with Crippen LogP contribution in [0.3, 0.4) is 0 Å². The minimum absolute atomic E-state index is 0.322. The Morgan fingerprint density at radius 1 is 0.558 bits per heavy atom. The predicted molar refractivity (Wildman–Crippen MR) is 227 cm³/mol. The van der Waals surface area contributed by atoms with Gasteiger partial charge in [-0.25, -0.2) is 9.59 Å². The highest BCUT2D eigenvalue weighted by Gasteiger charge is 2.40. The molecule has 2 rings (SSSR count). The predicted octanol–water partition coefficient (Wildman–Crippen LogP) is 9.25. The van der Waals surface area contributed by atoms with Crippen LogP contribution in [0, 0.1) is 0 Å². The molecular formula is C32H58N2O10S6Si2. The van der Waals surface area contributed by atoms with Crippen LogP contribution in [0.25, 0.3) is 0 Å². The molecule has 0 saturated heterocycles. The Morgan fingerprint density at radius 2 is 0.885 bits per heavy atom. The smallest absolute Gasteiger partial charge is 0.449 e. The van der Waals surface area contributed by atoms with Crippen molar-refractivity contribution in [2.75, 3.05) is 77.5 Å². The topological polar surface area (TPSA) is 132 Å². The van der Waals surface area contributed by atoms with Gasteiger partial charge in [0.15, 0.2) is 0 Å². The molecule has 2 aliphatic rings. The Bertz CT molecular complexity index is 1080. The molecule has 2 amide bonds. The molecule has 0 fully saturated rings. The molecular weight excluding hydrogens is 821 g/mol. The summed E-state index contributed by atoms with van der Waals surface area (Å²) in [6.07, 6.45) is 0.535. The second kappa shape index (κ2) is 27.6. The van der Waals surface area contributed by atoms with E-state index in [1.165, 1.54) is 26.8 Å². The Hall–Kier alpha value is 0.0538. The van der Waals surface area contributed by atoms with E-state index in [1.54, 1.807) is 70.6 Å². The van der Waals surface area contributed by atoms with E-state index in [0.717, 1.165) is 0 Å². The number of thioether (sulfide) groups is 6. The summed E-state index contributed by atoms with van der Waals surface area (Å²) in [6.45, 7) is 20.6. The molecule has 0 aromatic rings. The molecule has 2 aliphatic heterocycles. The molecule has 0 aromatic heterocycles. The highest BCUT2D eigenvalue weighted by molar-refractivity contribution is 8.40. The number of hydrogen-bond donors (Lipinski definition) is 2. The third kappa shape index (κ3) is 17.9. The maximum absolute atomic E-state index is 12.3. The average molecular weight is 879 g/mol. The summed E-state index contributed by atoms with van der Waals surface area (Å²) < 4.78 is 51.1. The lowest BCUT2D eigenvalue weighted by Crippen LogP contribution is -2.46. The first-order valence-electron chi connectivity index (χ1n) is 17.9. The van der Waals surface area contributed by atoms with Crippen molar-refractivity contribution in [3.8, 4) is 0 Å². The Kier molecular flexibility index (Phi) is 25.6. The van der Waals surface area contributed by atoms with E-state index in [-0.39, 0.29) is 0 Å². The number of carbonyl (C=O) groups is 2. The van der Waals surface area contributed by atoms with Crippen LogP contribution < -0.4 is 10.6 Å². The zero-order valence-corrected chi connectivity index (χ0v) is 38.7. The van der Waals surface area contributed by atoms with E-state index >= 15 is 0 Å². The van der Waals surface area contributed by atoms with Gasteiger partial charge < -0.3 is 46.7 Å². The summed E-state index contributed by atoms with van der Waals surface area (Å²) in [7, 11) is -5.42. The molecule has 0 aliphatic carbocycles. The average Bonchev–Trinajstić information content (AvgIpc) is 3.67. The Morgan fingerprint density at radius 3 is 1.19 bits per heavy atom. The van der Waals surface area contributed by atoms with Gasteiger partial charge in [0.1, 0.15) is 13.2 Å². The number of nitrogens with one attached hydrogen (secondary N) is 2. The molecule has 0 atom stereocenters. The summed E-state index contributed by atoms with van der Waals surface area (Å²) in [5.41, 5.74) is 0. The normalized spacial score (nSPS) is 16.6. The van der Waals surface area contributed by atoms with Crippen LogP contribution in [-0.4, -0.2) is 107 Å². The van der Waals surface area contributed by atoms with Gasteiger partial charge in [-0.15, -0.1) is 23.5 Å². The molecule has 0 saturated carbocycles. The third-order valence-electron chi connectivity index (χ3n) is 6.75. The minimum atomic E-state index is -2.71. The molecule has 0 bridgehead atoms.